The van der Waals surface area contributed by atoms with E-state index in [-0.39, 0.29) is 5.82 Å². The summed E-state index contributed by atoms with van der Waals surface area (Å²) in [6, 6.07) is 14.4. The molecule has 0 saturated carbocycles. The van der Waals surface area contributed by atoms with Gasteiger partial charge in [0.05, 0.1) is 4.88 Å². The number of halogens is 2. The summed E-state index contributed by atoms with van der Waals surface area (Å²) in [6.45, 7) is 1.60. The van der Waals surface area contributed by atoms with E-state index in [9.17, 15) is 4.39 Å². The van der Waals surface area contributed by atoms with Crippen LogP contribution in [0.1, 0.15) is 10.6 Å². The fourth-order valence-corrected chi connectivity index (χ4v) is 3.37. The molecule has 0 amide bonds. The molecule has 0 bridgehead atoms. The number of thiazole rings is 1. The van der Waals surface area contributed by atoms with E-state index in [0.29, 0.717) is 0 Å². The summed E-state index contributed by atoms with van der Waals surface area (Å²) in [6.07, 6.45) is 2.77. The van der Waals surface area contributed by atoms with Crippen LogP contribution in [0.25, 0.3) is 10.4 Å². The first-order valence-electron chi connectivity index (χ1n) is 7.36. The van der Waals surface area contributed by atoms with Crippen LogP contribution in [0.15, 0.2) is 54.7 Å². The molecule has 118 valence electrons. The third kappa shape index (κ3) is 4.61. The third-order valence-electron chi connectivity index (χ3n) is 3.44. The number of hydrogen-bond acceptors (Lipinski definition) is 3. The van der Waals surface area contributed by atoms with Crippen molar-refractivity contribution in [1.82, 2.24) is 10.3 Å². The van der Waals surface area contributed by atoms with Gasteiger partial charge in [0, 0.05) is 17.8 Å². The van der Waals surface area contributed by atoms with Gasteiger partial charge in [0.15, 0.2) is 0 Å². The summed E-state index contributed by atoms with van der Waals surface area (Å²) >= 11 is 7.60. The maximum Gasteiger partial charge on any atom is 0.123 e. The van der Waals surface area contributed by atoms with Gasteiger partial charge >= 0.3 is 0 Å². The number of benzene rings is 2. The smallest absolute Gasteiger partial charge is 0.123 e. The van der Waals surface area contributed by atoms with Crippen LogP contribution in [0.4, 0.5) is 4.39 Å². The molecule has 1 aromatic heterocycles. The molecule has 0 radical (unpaired) electrons. The van der Waals surface area contributed by atoms with E-state index in [1.54, 1.807) is 23.5 Å². The highest BCUT2D eigenvalue weighted by Crippen LogP contribution is 2.26. The van der Waals surface area contributed by atoms with E-state index in [4.69, 9.17) is 11.6 Å². The second-order valence-corrected chi connectivity index (χ2v) is 6.73. The molecule has 0 fully saturated rings. The highest BCUT2D eigenvalue weighted by Gasteiger charge is 2.04. The zero-order valence-corrected chi connectivity index (χ0v) is 14.0. The lowest BCUT2D eigenvalue weighted by Crippen LogP contribution is -2.16. The van der Waals surface area contributed by atoms with Gasteiger partial charge in [0.1, 0.15) is 10.8 Å². The van der Waals surface area contributed by atoms with Crippen LogP contribution in [0, 0.1) is 5.82 Å². The summed E-state index contributed by atoms with van der Waals surface area (Å²) in [5, 5.41) is 5.18. The normalized spacial score (nSPS) is 10.9. The lowest BCUT2D eigenvalue weighted by molar-refractivity contribution is 0.628. The van der Waals surface area contributed by atoms with E-state index < -0.39 is 0 Å². The zero-order valence-electron chi connectivity index (χ0n) is 12.4. The van der Waals surface area contributed by atoms with Crippen molar-refractivity contribution in [2.75, 3.05) is 6.54 Å². The van der Waals surface area contributed by atoms with E-state index in [1.807, 2.05) is 24.4 Å². The molecule has 5 heteroatoms. The van der Waals surface area contributed by atoms with Gasteiger partial charge in [0.25, 0.3) is 0 Å². The number of nitrogens with zero attached hydrogens (tertiary/aromatic N) is 1. The summed E-state index contributed by atoms with van der Waals surface area (Å²) in [5.74, 6) is -0.221. The molecule has 0 spiro atoms. The van der Waals surface area contributed by atoms with Gasteiger partial charge in [-0.3, -0.25) is 0 Å². The maximum atomic E-state index is 12.9. The first-order chi connectivity index (χ1) is 11.2. The van der Waals surface area contributed by atoms with Crippen molar-refractivity contribution < 1.29 is 4.39 Å². The Balaban J connectivity index is 1.50. The SMILES string of the molecule is Fc1ccc(-c2cnc(CNCCc3cccc(Cl)c3)s2)cc1. The Morgan fingerprint density at radius 2 is 1.96 bits per heavy atom. The van der Waals surface area contributed by atoms with Crippen molar-refractivity contribution in [3.05, 3.63) is 76.1 Å². The minimum atomic E-state index is -0.221. The highest BCUT2D eigenvalue weighted by atomic mass is 35.5. The van der Waals surface area contributed by atoms with Crippen molar-refractivity contribution >= 4 is 22.9 Å². The van der Waals surface area contributed by atoms with Gasteiger partial charge in [-0.1, -0.05) is 35.9 Å². The van der Waals surface area contributed by atoms with Crippen molar-refractivity contribution in [2.24, 2.45) is 0 Å². The number of hydrogen-bond donors (Lipinski definition) is 1. The lowest BCUT2D eigenvalue weighted by Gasteiger charge is -2.03. The molecule has 2 aromatic carbocycles. The second-order valence-electron chi connectivity index (χ2n) is 5.18. The largest absolute Gasteiger partial charge is 0.310 e. The fourth-order valence-electron chi connectivity index (χ4n) is 2.26. The van der Waals surface area contributed by atoms with E-state index in [0.717, 1.165) is 40.0 Å². The number of rotatable bonds is 6. The predicted molar refractivity (Wildman–Crippen MR) is 94.4 cm³/mol. The Morgan fingerprint density at radius 3 is 2.74 bits per heavy atom. The lowest BCUT2D eigenvalue weighted by atomic mass is 10.1. The zero-order chi connectivity index (χ0) is 16.1. The van der Waals surface area contributed by atoms with Crippen LogP contribution in [-0.4, -0.2) is 11.5 Å². The van der Waals surface area contributed by atoms with E-state index in [1.165, 1.54) is 17.7 Å². The van der Waals surface area contributed by atoms with Crippen LogP contribution >= 0.6 is 22.9 Å². The van der Waals surface area contributed by atoms with Crippen molar-refractivity contribution in [3.8, 4) is 10.4 Å². The van der Waals surface area contributed by atoms with Crippen LogP contribution in [-0.2, 0) is 13.0 Å². The molecule has 2 nitrogen and oxygen atoms in total. The predicted octanol–water partition coefficient (Wildman–Crippen LogP) is 4.93. The Hall–Kier alpha value is -1.75. The van der Waals surface area contributed by atoms with Gasteiger partial charge in [-0.2, -0.15) is 0 Å². The molecule has 0 atom stereocenters. The number of nitrogens with one attached hydrogen (secondary N) is 1. The molecule has 1 heterocycles. The molecule has 0 saturated heterocycles. The van der Waals surface area contributed by atoms with Crippen LogP contribution in [0.2, 0.25) is 5.02 Å². The second kappa shape index (κ2) is 7.68. The van der Waals surface area contributed by atoms with Crippen LogP contribution < -0.4 is 5.32 Å². The molecule has 23 heavy (non-hydrogen) atoms. The van der Waals surface area contributed by atoms with Crippen LogP contribution in [0.5, 0.6) is 0 Å². The molecular weight excluding hydrogens is 331 g/mol. The average molecular weight is 347 g/mol. The average Bonchev–Trinajstić information content (AvgIpc) is 3.01. The van der Waals surface area contributed by atoms with Gasteiger partial charge in [-0.15, -0.1) is 11.3 Å². The van der Waals surface area contributed by atoms with Gasteiger partial charge in [-0.05, 0) is 48.4 Å². The maximum absolute atomic E-state index is 12.9. The van der Waals surface area contributed by atoms with Gasteiger partial charge in [0.2, 0.25) is 0 Å². The molecule has 0 aliphatic carbocycles. The first-order valence-corrected chi connectivity index (χ1v) is 8.56. The topological polar surface area (TPSA) is 24.9 Å². The standard InChI is InChI=1S/C18H16ClFN2S/c19-15-3-1-2-13(10-15)8-9-21-12-18-22-11-17(23-18)14-4-6-16(20)7-5-14/h1-7,10-11,21H,8-9,12H2. The van der Waals surface area contributed by atoms with Crippen molar-refractivity contribution in [2.45, 2.75) is 13.0 Å². The highest BCUT2D eigenvalue weighted by molar-refractivity contribution is 7.15. The Morgan fingerprint density at radius 1 is 1.13 bits per heavy atom. The van der Waals surface area contributed by atoms with E-state index in [2.05, 4.69) is 16.4 Å². The molecule has 3 rings (SSSR count). The Labute approximate surface area is 144 Å². The monoisotopic (exact) mass is 346 g/mol. The minimum Gasteiger partial charge on any atom is -0.310 e. The molecule has 0 aliphatic rings. The summed E-state index contributed by atoms with van der Waals surface area (Å²) in [7, 11) is 0. The summed E-state index contributed by atoms with van der Waals surface area (Å²) in [5.41, 5.74) is 2.21. The fraction of sp³-hybridized carbons (Fsp3) is 0.167. The minimum absolute atomic E-state index is 0.221. The van der Waals surface area contributed by atoms with Crippen LogP contribution in [0.3, 0.4) is 0 Å². The van der Waals surface area contributed by atoms with Crippen molar-refractivity contribution in [3.63, 3.8) is 0 Å². The molecule has 3 aromatic rings. The first kappa shape index (κ1) is 16.1. The number of aromatic nitrogens is 1. The third-order valence-corrected chi connectivity index (χ3v) is 4.72. The summed E-state index contributed by atoms with van der Waals surface area (Å²) in [4.78, 5) is 5.47. The Bertz CT molecular complexity index is 771. The summed E-state index contributed by atoms with van der Waals surface area (Å²) < 4.78 is 12.9. The molecule has 1 N–H and O–H groups in total. The van der Waals surface area contributed by atoms with Gasteiger partial charge in [-0.25, -0.2) is 9.37 Å². The Kier molecular flexibility index (Phi) is 5.39. The molecular formula is C18H16ClFN2S. The quantitative estimate of drug-likeness (QED) is 0.640. The molecule has 0 aliphatic heterocycles. The molecule has 0 unspecified atom stereocenters. The van der Waals surface area contributed by atoms with E-state index >= 15 is 0 Å². The van der Waals surface area contributed by atoms with Crippen molar-refractivity contribution in [1.29, 1.82) is 0 Å². The van der Waals surface area contributed by atoms with Gasteiger partial charge < -0.3 is 5.32 Å².